The Morgan fingerprint density at radius 1 is 1.17 bits per heavy atom. The lowest BCUT2D eigenvalue weighted by atomic mass is 10.1. The lowest BCUT2D eigenvalue weighted by Crippen LogP contribution is -2.32. The quantitative estimate of drug-likeness (QED) is 0.748. The molecule has 0 spiro atoms. The van der Waals surface area contributed by atoms with Crippen LogP contribution in [0.3, 0.4) is 0 Å². The molecule has 1 aromatic carbocycles. The van der Waals surface area contributed by atoms with E-state index in [1.54, 1.807) is 0 Å². The van der Waals surface area contributed by atoms with E-state index < -0.39 is 0 Å². The maximum atomic E-state index is 5.68. The summed E-state index contributed by atoms with van der Waals surface area (Å²) in [5.41, 5.74) is 1.38. The van der Waals surface area contributed by atoms with Crippen LogP contribution in [0.5, 0.6) is 0 Å². The van der Waals surface area contributed by atoms with Gasteiger partial charge in [0.25, 0.3) is 0 Å². The molecule has 0 fully saturated rings. The Morgan fingerprint density at radius 2 is 1.83 bits per heavy atom. The number of nitrogens with one attached hydrogen (secondary N) is 1. The summed E-state index contributed by atoms with van der Waals surface area (Å²) < 4.78 is 5.68. The molecule has 1 rings (SSSR count). The summed E-state index contributed by atoms with van der Waals surface area (Å²) in [7, 11) is 0. The molecule has 1 N–H and O–H groups in total. The smallest absolute Gasteiger partial charge is 0.0599 e. The largest absolute Gasteiger partial charge is 0.375 e. The van der Waals surface area contributed by atoms with Crippen LogP contribution in [0, 0.1) is 0 Å². The van der Waals surface area contributed by atoms with Gasteiger partial charge < -0.3 is 10.1 Å². The minimum Gasteiger partial charge on any atom is -0.375 e. The van der Waals surface area contributed by atoms with E-state index in [0.29, 0.717) is 6.04 Å². The van der Waals surface area contributed by atoms with Gasteiger partial charge in [-0.25, -0.2) is 0 Å². The predicted molar refractivity (Wildman–Crippen MR) is 77.9 cm³/mol. The van der Waals surface area contributed by atoms with Crippen LogP contribution in [-0.4, -0.2) is 24.8 Å². The topological polar surface area (TPSA) is 21.3 Å². The normalized spacial score (nSPS) is 13.6. The molecule has 0 aliphatic heterocycles. The second-order valence-electron chi connectivity index (χ2n) is 5.84. The van der Waals surface area contributed by atoms with Gasteiger partial charge in [0, 0.05) is 12.6 Å². The SMILES string of the molecule is CC(CCc1ccccc1)NCCOC(C)(C)C. The van der Waals surface area contributed by atoms with Gasteiger partial charge in [0.2, 0.25) is 0 Å². The molecule has 0 aliphatic carbocycles. The lowest BCUT2D eigenvalue weighted by molar-refractivity contribution is -0.00153. The first kappa shape index (κ1) is 15.2. The van der Waals surface area contributed by atoms with E-state index in [-0.39, 0.29) is 5.60 Å². The van der Waals surface area contributed by atoms with Gasteiger partial charge in [-0.1, -0.05) is 30.3 Å². The third kappa shape index (κ3) is 7.46. The van der Waals surface area contributed by atoms with E-state index in [0.717, 1.165) is 19.6 Å². The summed E-state index contributed by atoms with van der Waals surface area (Å²) in [6, 6.07) is 11.2. The van der Waals surface area contributed by atoms with Crippen molar-refractivity contribution in [1.82, 2.24) is 5.32 Å². The zero-order valence-electron chi connectivity index (χ0n) is 12.2. The molecular formula is C16H27NO. The molecule has 1 unspecified atom stereocenters. The highest BCUT2D eigenvalue weighted by atomic mass is 16.5. The van der Waals surface area contributed by atoms with E-state index in [1.807, 2.05) is 0 Å². The Balaban J connectivity index is 2.09. The van der Waals surface area contributed by atoms with E-state index in [2.05, 4.69) is 63.3 Å². The second-order valence-corrected chi connectivity index (χ2v) is 5.84. The van der Waals surface area contributed by atoms with Crippen molar-refractivity contribution in [2.45, 2.75) is 52.2 Å². The Hall–Kier alpha value is -0.860. The van der Waals surface area contributed by atoms with Crippen molar-refractivity contribution in [3.05, 3.63) is 35.9 Å². The fraction of sp³-hybridized carbons (Fsp3) is 0.625. The average Bonchev–Trinajstić information content (AvgIpc) is 2.32. The van der Waals surface area contributed by atoms with Gasteiger partial charge in [-0.2, -0.15) is 0 Å². The molecule has 1 aromatic rings. The first-order valence-corrected chi connectivity index (χ1v) is 6.88. The molecule has 2 heteroatoms. The molecule has 0 heterocycles. The minimum atomic E-state index is -0.0328. The molecule has 0 aromatic heterocycles. The number of benzene rings is 1. The van der Waals surface area contributed by atoms with Gasteiger partial charge in [-0.3, -0.25) is 0 Å². The van der Waals surface area contributed by atoms with Gasteiger partial charge in [0.1, 0.15) is 0 Å². The molecule has 0 saturated carbocycles. The molecule has 1 atom stereocenters. The molecule has 0 radical (unpaired) electrons. The summed E-state index contributed by atoms with van der Waals surface area (Å²) in [4.78, 5) is 0. The summed E-state index contributed by atoms with van der Waals surface area (Å²) >= 11 is 0. The molecule has 0 saturated heterocycles. The van der Waals surface area contributed by atoms with E-state index in [1.165, 1.54) is 12.0 Å². The zero-order valence-corrected chi connectivity index (χ0v) is 12.2. The molecule has 18 heavy (non-hydrogen) atoms. The maximum absolute atomic E-state index is 5.68. The number of hydrogen-bond donors (Lipinski definition) is 1. The van der Waals surface area contributed by atoms with Crippen LogP contribution in [0.15, 0.2) is 30.3 Å². The number of aryl methyl sites for hydroxylation is 1. The van der Waals surface area contributed by atoms with Crippen LogP contribution in [0.4, 0.5) is 0 Å². The summed E-state index contributed by atoms with van der Waals surface area (Å²) in [6.45, 7) is 10.2. The third-order valence-electron chi connectivity index (χ3n) is 2.84. The van der Waals surface area contributed by atoms with Gasteiger partial charge in [-0.15, -0.1) is 0 Å². The highest BCUT2D eigenvalue weighted by molar-refractivity contribution is 5.14. The van der Waals surface area contributed by atoms with Crippen LogP contribution in [0.25, 0.3) is 0 Å². The Bertz CT molecular complexity index is 316. The fourth-order valence-electron chi connectivity index (χ4n) is 1.79. The van der Waals surface area contributed by atoms with Crippen molar-refractivity contribution in [2.24, 2.45) is 0 Å². The molecule has 0 bridgehead atoms. The summed E-state index contributed by atoms with van der Waals surface area (Å²) in [5, 5.41) is 3.50. The molecular weight excluding hydrogens is 222 g/mol. The van der Waals surface area contributed by atoms with Gasteiger partial charge in [0.05, 0.1) is 12.2 Å². The standard InChI is InChI=1S/C16H27NO/c1-14(17-12-13-18-16(2,3)4)10-11-15-8-6-5-7-9-15/h5-9,14,17H,10-13H2,1-4H3. The number of ether oxygens (including phenoxy) is 1. The van der Waals surface area contributed by atoms with Gasteiger partial charge >= 0.3 is 0 Å². The fourth-order valence-corrected chi connectivity index (χ4v) is 1.79. The van der Waals surface area contributed by atoms with Crippen molar-refractivity contribution in [2.75, 3.05) is 13.2 Å². The van der Waals surface area contributed by atoms with Crippen LogP contribution in [-0.2, 0) is 11.2 Å². The van der Waals surface area contributed by atoms with Crippen LogP contribution >= 0.6 is 0 Å². The van der Waals surface area contributed by atoms with E-state index in [9.17, 15) is 0 Å². The van der Waals surface area contributed by atoms with Crippen molar-refractivity contribution >= 4 is 0 Å². The first-order valence-electron chi connectivity index (χ1n) is 6.88. The monoisotopic (exact) mass is 249 g/mol. The predicted octanol–water partition coefficient (Wildman–Crippen LogP) is 3.41. The molecule has 2 nitrogen and oxygen atoms in total. The van der Waals surface area contributed by atoms with Gasteiger partial charge in [0.15, 0.2) is 0 Å². The maximum Gasteiger partial charge on any atom is 0.0599 e. The van der Waals surface area contributed by atoms with Crippen LogP contribution < -0.4 is 5.32 Å². The van der Waals surface area contributed by atoms with Crippen molar-refractivity contribution < 1.29 is 4.74 Å². The average molecular weight is 249 g/mol. The molecule has 102 valence electrons. The summed E-state index contributed by atoms with van der Waals surface area (Å²) in [6.07, 6.45) is 2.30. The zero-order chi connectivity index (χ0) is 13.4. The van der Waals surface area contributed by atoms with E-state index >= 15 is 0 Å². The number of rotatable bonds is 7. The third-order valence-corrected chi connectivity index (χ3v) is 2.84. The van der Waals surface area contributed by atoms with Gasteiger partial charge in [-0.05, 0) is 46.1 Å². The molecule has 0 aliphatic rings. The Labute approximate surface area is 112 Å². The highest BCUT2D eigenvalue weighted by Gasteiger charge is 2.09. The van der Waals surface area contributed by atoms with Crippen molar-refractivity contribution in [3.63, 3.8) is 0 Å². The Morgan fingerprint density at radius 3 is 2.44 bits per heavy atom. The number of hydrogen-bond acceptors (Lipinski definition) is 2. The summed E-state index contributed by atoms with van der Waals surface area (Å²) in [5.74, 6) is 0. The Kier molecular flexibility index (Phi) is 6.37. The highest BCUT2D eigenvalue weighted by Crippen LogP contribution is 2.06. The molecule has 0 amide bonds. The van der Waals surface area contributed by atoms with Crippen molar-refractivity contribution in [1.29, 1.82) is 0 Å². The van der Waals surface area contributed by atoms with E-state index in [4.69, 9.17) is 4.74 Å². The lowest BCUT2D eigenvalue weighted by Gasteiger charge is -2.21. The van der Waals surface area contributed by atoms with Crippen molar-refractivity contribution in [3.8, 4) is 0 Å². The second kappa shape index (κ2) is 7.55. The van der Waals surface area contributed by atoms with Crippen LogP contribution in [0.2, 0.25) is 0 Å². The minimum absolute atomic E-state index is 0.0328. The van der Waals surface area contributed by atoms with Crippen LogP contribution in [0.1, 0.15) is 39.7 Å². The first-order chi connectivity index (χ1) is 8.47.